The quantitative estimate of drug-likeness (QED) is 0.865. The fraction of sp³-hybridized carbons (Fsp3) is 0.231. The molecule has 1 aromatic heterocycles. The SMILES string of the molecule is COCCn1cc(NS(=O)(=O)c2cccc(C#N)c2)cn1. The number of hydrogen-bond donors (Lipinski definition) is 1. The van der Waals surface area contributed by atoms with Gasteiger partial charge in [0.15, 0.2) is 0 Å². The number of nitrogens with one attached hydrogen (secondary N) is 1. The van der Waals surface area contributed by atoms with E-state index in [1.165, 1.54) is 24.4 Å². The lowest BCUT2D eigenvalue weighted by Gasteiger charge is -2.05. The molecule has 0 fully saturated rings. The third kappa shape index (κ3) is 3.81. The Labute approximate surface area is 122 Å². The molecule has 0 aliphatic carbocycles. The van der Waals surface area contributed by atoms with Gasteiger partial charge in [-0.15, -0.1) is 0 Å². The van der Waals surface area contributed by atoms with Gasteiger partial charge in [0.25, 0.3) is 10.0 Å². The Bertz CT molecular complexity index is 762. The average Bonchev–Trinajstić information content (AvgIpc) is 2.92. The lowest BCUT2D eigenvalue weighted by molar-refractivity contribution is 0.183. The number of nitrogens with zero attached hydrogens (tertiary/aromatic N) is 3. The van der Waals surface area contributed by atoms with Crippen LogP contribution in [-0.4, -0.2) is 31.9 Å². The maximum atomic E-state index is 12.2. The monoisotopic (exact) mass is 306 g/mol. The molecule has 0 aliphatic heterocycles. The molecule has 1 aromatic carbocycles. The Kier molecular flexibility index (Phi) is 4.57. The number of nitriles is 1. The molecule has 110 valence electrons. The van der Waals surface area contributed by atoms with Crippen LogP contribution in [0.25, 0.3) is 0 Å². The lowest BCUT2D eigenvalue weighted by atomic mass is 10.2. The van der Waals surface area contributed by atoms with Crippen LogP contribution in [0.15, 0.2) is 41.6 Å². The van der Waals surface area contributed by atoms with Gasteiger partial charge in [-0.2, -0.15) is 10.4 Å². The number of anilines is 1. The van der Waals surface area contributed by atoms with Gasteiger partial charge in [-0.25, -0.2) is 8.42 Å². The van der Waals surface area contributed by atoms with Crippen molar-refractivity contribution in [3.8, 4) is 6.07 Å². The van der Waals surface area contributed by atoms with E-state index in [0.717, 1.165) is 0 Å². The van der Waals surface area contributed by atoms with Crippen LogP contribution in [0.2, 0.25) is 0 Å². The molecule has 0 atom stereocenters. The zero-order valence-electron chi connectivity index (χ0n) is 11.4. The molecule has 8 heteroatoms. The predicted octanol–water partition coefficient (Wildman–Crippen LogP) is 1.20. The number of ether oxygens (including phenoxy) is 1. The van der Waals surface area contributed by atoms with Gasteiger partial charge >= 0.3 is 0 Å². The van der Waals surface area contributed by atoms with Crippen molar-refractivity contribution < 1.29 is 13.2 Å². The van der Waals surface area contributed by atoms with E-state index in [4.69, 9.17) is 10.00 Å². The molecule has 0 spiro atoms. The Hall–Kier alpha value is -2.37. The molecule has 0 saturated heterocycles. The van der Waals surface area contributed by atoms with Gasteiger partial charge in [-0.05, 0) is 18.2 Å². The number of aromatic nitrogens is 2. The van der Waals surface area contributed by atoms with Crippen LogP contribution in [0, 0.1) is 11.3 Å². The molecule has 0 radical (unpaired) electrons. The molecule has 0 unspecified atom stereocenters. The average molecular weight is 306 g/mol. The summed E-state index contributed by atoms with van der Waals surface area (Å²) < 4.78 is 33.3. The van der Waals surface area contributed by atoms with Crippen LogP contribution >= 0.6 is 0 Å². The second-order valence-electron chi connectivity index (χ2n) is 4.23. The molecule has 1 N–H and O–H groups in total. The first-order valence-electron chi connectivity index (χ1n) is 6.09. The normalized spacial score (nSPS) is 11.0. The number of rotatable bonds is 6. The zero-order valence-corrected chi connectivity index (χ0v) is 12.2. The number of benzene rings is 1. The summed E-state index contributed by atoms with van der Waals surface area (Å²) in [7, 11) is -2.16. The van der Waals surface area contributed by atoms with Crippen LogP contribution in [0.1, 0.15) is 5.56 Å². The van der Waals surface area contributed by atoms with Crippen molar-refractivity contribution in [2.75, 3.05) is 18.4 Å². The van der Waals surface area contributed by atoms with Crippen molar-refractivity contribution in [1.29, 1.82) is 5.26 Å². The summed E-state index contributed by atoms with van der Waals surface area (Å²) >= 11 is 0. The minimum atomic E-state index is -3.74. The van der Waals surface area contributed by atoms with Crippen LogP contribution in [0.4, 0.5) is 5.69 Å². The topological polar surface area (TPSA) is 97.0 Å². The van der Waals surface area contributed by atoms with E-state index in [9.17, 15) is 8.42 Å². The van der Waals surface area contributed by atoms with E-state index in [0.29, 0.717) is 18.8 Å². The highest BCUT2D eigenvalue weighted by Gasteiger charge is 2.15. The van der Waals surface area contributed by atoms with Gasteiger partial charge in [-0.3, -0.25) is 9.40 Å². The molecule has 0 amide bonds. The van der Waals surface area contributed by atoms with E-state index in [2.05, 4.69) is 9.82 Å². The fourth-order valence-electron chi connectivity index (χ4n) is 1.67. The summed E-state index contributed by atoms with van der Waals surface area (Å²) in [6.45, 7) is 1.01. The van der Waals surface area contributed by atoms with Crippen molar-refractivity contribution in [3.63, 3.8) is 0 Å². The first kappa shape index (κ1) is 15.0. The van der Waals surface area contributed by atoms with Crippen molar-refractivity contribution in [2.45, 2.75) is 11.4 Å². The van der Waals surface area contributed by atoms with Crippen LogP contribution < -0.4 is 4.72 Å². The van der Waals surface area contributed by atoms with Crippen molar-refractivity contribution >= 4 is 15.7 Å². The maximum absolute atomic E-state index is 12.2. The molecule has 7 nitrogen and oxygen atoms in total. The predicted molar refractivity (Wildman–Crippen MR) is 76.1 cm³/mol. The molecule has 2 rings (SSSR count). The molecule has 1 heterocycles. The standard InChI is InChI=1S/C13H14N4O3S/c1-20-6-5-17-10-12(9-15-17)16-21(18,19)13-4-2-3-11(7-13)8-14/h2-4,7,9-10,16H,5-6H2,1H3. The van der Waals surface area contributed by atoms with Gasteiger partial charge < -0.3 is 4.74 Å². The Morgan fingerprint density at radius 1 is 1.48 bits per heavy atom. The van der Waals surface area contributed by atoms with E-state index >= 15 is 0 Å². The van der Waals surface area contributed by atoms with Crippen LogP contribution in [0.3, 0.4) is 0 Å². The van der Waals surface area contributed by atoms with Crippen LogP contribution in [-0.2, 0) is 21.3 Å². The number of hydrogen-bond acceptors (Lipinski definition) is 5. The molecule has 0 bridgehead atoms. The van der Waals surface area contributed by atoms with Crippen molar-refractivity contribution in [1.82, 2.24) is 9.78 Å². The summed E-state index contributed by atoms with van der Waals surface area (Å²) in [5.41, 5.74) is 0.641. The van der Waals surface area contributed by atoms with Gasteiger partial charge in [0.05, 0.1) is 41.6 Å². The van der Waals surface area contributed by atoms with Crippen LogP contribution in [0.5, 0.6) is 0 Å². The second kappa shape index (κ2) is 6.39. The van der Waals surface area contributed by atoms with E-state index in [1.807, 2.05) is 6.07 Å². The lowest BCUT2D eigenvalue weighted by Crippen LogP contribution is -2.12. The van der Waals surface area contributed by atoms with Gasteiger partial charge in [0.2, 0.25) is 0 Å². The summed E-state index contributed by atoms with van der Waals surface area (Å²) in [4.78, 5) is 0.0335. The molecule has 0 aliphatic rings. The molecule has 2 aromatic rings. The third-order valence-corrected chi connectivity index (χ3v) is 4.06. The van der Waals surface area contributed by atoms with Gasteiger partial charge in [-0.1, -0.05) is 6.07 Å². The first-order chi connectivity index (χ1) is 10.0. The zero-order chi connectivity index (χ0) is 15.3. The van der Waals surface area contributed by atoms with Gasteiger partial charge in [0.1, 0.15) is 0 Å². The molecular formula is C13H14N4O3S. The van der Waals surface area contributed by atoms with E-state index in [-0.39, 0.29) is 10.5 Å². The largest absolute Gasteiger partial charge is 0.383 e. The molecule has 21 heavy (non-hydrogen) atoms. The highest BCUT2D eigenvalue weighted by molar-refractivity contribution is 7.92. The van der Waals surface area contributed by atoms with E-state index < -0.39 is 10.0 Å². The van der Waals surface area contributed by atoms with E-state index in [1.54, 1.807) is 24.1 Å². The third-order valence-electron chi connectivity index (χ3n) is 2.68. The first-order valence-corrected chi connectivity index (χ1v) is 7.58. The fourth-order valence-corrected chi connectivity index (χ4v) is 2.74. The van der Waals surface area contributed by atoms with Crippen molar-refractivity contribution in [3.05, 3.63) is 42.2 Å². The summed E-state index contributed by atoms with van der Waals surface area (Å²) in [5, 5.41) is 12.8. The smallest absolute Gasteiger partial charge is 0.262 e. The summed E-state index contributed by atoms with van der Waals surface area (Å²) in [6.07, 6.45) is 2.99. The highest BCUT2D eigenvalue weighted by atomic mass is 32.2. The Morgan fingerprint density at radius 2 is 2.29 bits per heavy atom. The van der Waals surface area contributed by atoms with Gasteiger partial charge in [0, 0.05) is 13.3 Å². The molecule has 0 saturated carbocycles. The maximum Gasteiger partial charge on any atom is 0.262 e. The van der Waals surface area contributed by atoms with Crippen molar-refractivity contribution in [2.24, 2.45) is 0 Å². The second-order valence-corrected chi connectivity index (χ2v) is 5.91. The summed E-state index contributed by atoms with van der Waals surface area (Å²) in [5.74, 6) is 0. The highest BCUT2D eigenvalue weighted by Crippen LogP contribution is 2.16. The summed E-state index contributed by atoms with van der Waals surface area (Å²) in [6, 6.07) is 7.72. The Morgan fingerprint density at radius 3 is 3.00 bits per heavy atom. The Balaban J connectivity index is 2.17. The minimum absolute atomic E-state index is 0.0335. The minimum Gasteiger partial charge on any atom is -0.383 e. The molecular weight excluding hydrogens is 292 g/mol. The number of sulfonamides is 1. The number of methoxy groups -OCH3 is 1.